The minimum Gasteiger partial charge on any atom is -0.390 e. The Bertz CT molecular complexity index is 458. The summed E-state index contributed by atoms with van der Waals surface area (Å²) in [5.41, 5.74) is 4.08. The number of aliphatic hydroxyl groups is 1. The Labute approximate surface area is 120 Å². The molecule has 1 aromatic carbocycles. The SMILES string of the molecule is Cc1cccc2c1N(CC(O)CN1CCOCC1)CC2. The van der Waals surface area contributed by atoms with Crippen molar-refractivity contribution in [1.82, 2.24) is 4.90 Å². The number of hydrogen-bond acceptors (Lipinski definition) is 4. The first-order chi connectivity index (χ1) is 9.74. The predicted molar refractivity (Wildman–Crippen MR) is 80.4 cm³/mol. The molecule has 4 heteroatoms. The third-order valence-corrected chi connectivity index (χ3v) is 4.29. The summed E-state index contributed by atoms with van der Waals surface area (Å²) in [6.45, 7) is 8.12. The smallest absolute Gasteiger partial charge is 0.0841 e. The second-order valence-electron chi connectivity index (χ2n) is 5.85. The Morgan fingerprint density at radius 1 is 1.20 bits per heavy atom. The Morgan fingerprint density at radius 2 is 2.00 bits per heavy atom. The van der Waals surface area contributed by atoms with Crippen LogP contribution in [-0.2, 0) is 11.2 Å². The van der Waals surface area contributed by atoms with Crippen LogP contribution < -0.4 is 4.90 Å². The molecule has 3 rings (SSSR count). The highest BCUT2D eigenvalue weighted by Crippen LogP contribution is 2.31. The second-order valence-corrected chi connectivity index (χ2v) is 5.85. The number of aryl methyl sites for hydroxylation is 1. The molecule has 1 N–H and O–H groups in total. The van der Waals surface area contributed by atoms with Gasteiger partial charge in [-0.15, -0.1) is 0 Å². The lowest BCUT2D eigenvalue weighted by molar-refractivity contribution is 0.0161. The van der Waals surface area contributed by atoms with Gasteiger partial charge in [-0.2, -0.15) is 0 Å². The zero-order valence-corrected chi connectivity index (χ0v) is 12.2. The Balaban J connectivity index is 1.59. The summed E-state index contributed by atoms with van der Waals surface area (Å²) in [7, 11) is 0. The van der Waals surface area contributed by atoms with E-state index in [1.807, 2.05) is 0 Å². The molecule has 1 aromatic rings. The van der Waals surface area contributed by atoms with E-state index in [0.29, 0.717) is 0 Å². The molecule has 0 spiro atoms. The van der Waals surface area contributed by atoms with E-state index in [2.05, 4.69) is 34.9 Å². The van der Waals surface area contributed by atoms with E-state index in [0.717, 1.165) is 52.4 Å². The summed E-state index contributed by atoms with van der Waals surface area (Å²) in [6.07, 6.45) is 0.806. The molecule has 1 saturated heterocycles. The number of fused-ring (bicyclic) bond motifs is 1. The van der Waals surface area contributed by atoms with Gasteiger partial charge in [-0.05, 0) is 24.5 Å². The van der Waals surface area contributed by atoms with Crippen molar-refractivity contribution in [3.8, 4) is 0 Å². The molecule has 0 aromatic heterocycles. The lowest BCUT2D eigenvalue weighted by Gasteiger charge is -2.31. The largest absolute Gasteiger partial charge is 0.390 e. The fourth-order valence-corrected chi connectivity index (χ4v) is 3.32. The number of rotatable bonds is 4. The monoisotopic (exact) mass is 276 g/mol. The number of β-amino-alcohol motifs (C(OH)–C–C–N with tert-alkyl or cyclic N) is 1. The first kappa shape index (κ1) is 13.9. The highest BCUT2D eigenvalue weighted by atomic mass is 16.5. The number of ether oxygens (including phenoxy) is 1. The van der Waals surface area contributed by atoms with Gasteiger partial charge in [0, 0.05) is 38.4 Å². The van der Waals surface area contributed by atoms with Crippen LogP contribution in [0.4, 0.5) is 5.69 Å². The van der Waals surface area contributed by atoms with E-state index in [9.17, 15) is 5.11 Å². The molecule has 0 amide bonds. The average molecular weight is 276 g/mol. The molecule has 0 saturated carbocycles. The van der Waals surface area contributed by atoms with Gasteiger partial charge in [0.2, 0.25) is 0 Å². The minimum atomic E-state index is -0.293. The van der Waals surface area contributed by atoms with Crippen LogP contribution in [0.2, 0.25) is 0 Å². The molecule has 2 heterocycles. The molecular weight excluding hydrogens is 252 g/mol. The van der Waals surface area contributed by atoms with Gasteiger partial charge in [-0.25, -0.2) is 0 Å². The number of para-hydroxylation sites is 1. The predicted octanol–water partition coefficient (Wildman–Crippen LogP) is 1.05. The maximum Gasteiger partial charge on any atom is 0.0841 e. The highest BCUT2D eigenvalue weighted by molar-refractivity contribution is 5.62. The summed E-state index contributed by atoms with van der Waals surface area (Å²) < 4.78 is 5.34. The number of anilines is 1. The van der Waals surface area contributed by atoms with Crippen LogP contribution in [0.3, 0.4) is 0 Å². The van der Waals surface area contributed by atoms with Crippen LogP contribution in [0.25, 0.3) is 0 Å². The second kappa shape index (κ2) is 6.12. The number of nitrogens with zero attached hydrogens (tertiary/aromatic N) is 2. The Hall–Kier alpha value is -1.10. The van der Waals surface area contributed by atoms with Gasteiger partial charge in [0.1, 0.15) is 0 Å². The Kier molecular flexibility index (Phi) is 4.24. The fraction of sp³-hybridized carbons (Fsp3) is 0.625. The topological polar surface area (TPSA) is 35.9 Å². The lowest BCUT2D eigenvalue weighted by Crippen LogP contribution is -2.44. The minimum absolute atomic E-state index is 0.293. The van der Waals surface area contributed by atoms with E-state index < -0.39 is 0 Å². The summed E-state index contributed by atoms with van der Waals surface area (Å²) in [5, 5.41) is 10.4. The average Bonchev–Trinajstić information content (AvgIpc) is 2.84. The van der Waals surface area contributed by atoms with Crippen molar-refractivity contribution in [2.24, 2.45) is 0 Å². The third kappa shape index (κ3) is 2.97. The van der Waals surface area contributed by atoms with Gasteiger partial charge in [0.05, 0.1) is 19.3 Å². The molecule has 0 aliphatic carbocycles. The zero-order valence-electron chi connectivity index (χ0n) is 12.2. The van der Waals surface area contributed by atoms with Gasteiger partial charge in [-0.3, -0.25) is 4.90 Å². The molecule has 1 atom stereocenters. The molecule has 0 radical (unpaired) electrons. The van der Waals surface area contributed by atoms with Crippen LogP contribution in [0.5, 0.6) is 0 Å². The molecule has 0 bridgehead atoms. The summed E-state index contributed by atoms with van der Waals surface area (Å²) in [4.78, 5) is 4.64. The highest BCUT2D eigenvalue weighted by Gasteiger charge is 2.24. The van der Waals surface area contributed by atoms with Gasteiger partial charge < -0.3 is 14.7 Å². The summed E-state index contributed by atoms with van der Waals surface area (Å²) in [6, 6.07) is 6.49. The number of morpholine rings is 1. The molecule has 4 nitrogen and oxygen atoms in total. The van der Waals surface area contributed by atoms with Crippen molar-refractivity contribution in [2.45, 2.75) is 19.4 Å². The fourth-order valence-electron chi connectivity index (χ4n) is 3.32. The van der Waals surface area contributed by atoms with E-state index in [1.165, 1.54) is 16.8 Å². The quantitative estimate of drug-likeness (QED) is 0.892. The van der Waals surface area contributed by atoms with Crippen molar-refractivity contribution in [2.75, 3.05) is 50.8 Å². The molecular formula is C16H24N2O2. The van der Waals surface area contributed by atoms with Crippen LogP contribution in [0, 0.1) is 6.92 Å². The lowest BCUT2D eigenvalue weighted by atomic mass is 10.1. The van der Waals surface area contributed by atoms with Crippen molar-refractivity contribution >= 4 is 5.69 Å². The van der Waals surface area contributed by atoms with Crippen LogP contribution in [0.15, 0.2) is 18.2 Å². The normalized spacial score (nSPS) is 21.0. The zero-order chi connectivity index (χ0) is 13.9. The molecule has 2 aliphatic rings. The number of benzene rings is 1. The first-order valence-electron chi connectivity index (χ1n) is 7.55. The first-order valence-corrected chi connectivity index (χ1v) is 7.55. The molecule has 1 fully saturated rings. The molecule has 1 unspecified atom stereocenters. The van der Waals surface area contributed by atoms with E-state index in [1.54, 1.807) is 0 Å². The van der Waals surface area contributed by atoms with E-state index in [4.69, 9.17) is 4.74 Å². The maximum atomic E-state index is 10.4. The number of aliphatic hydroxyl groups excluding tert-OH is 1. The van der Waals surface area contributed by atoms with Gasteiger partial charge >= 0.3 is 0 Å². The molecule has 20 heavy (non-hydrogen) atoms. The van der Waals surface area contributed by atoms with Crippen molar-refractivity contribution in [3.05, 3.63) is 29.3 Å². The van der Waals surface area contributed by atoms with Crippen molar-refractivity contribution in [1.29, 1.82) is 0 Å². The van der Waals surface area contributed by atoms with Gasteiger partial charge in [0.15, 0.2) is 0 Å². The van der Waals surface area contributed by atoms with Gasteiger partial charge in [-0.1, -0.05) is 18.2 Å². The van der Waals surface area contributed by atoms with Crippen molar-refractivity contribution in [3.63, 3.8) is 0 Å². The third-order valence-electron chi connectivity index (χ3n) is 4.29. The molecule has 2 aliphatic heterocycles. The number of hydrogen-bond donors (Lipinski definition) is 1. The summed E-state index contributed by atoms with van der Waals surface area (Å²) >= 11 is 0. The van der Waals surface area contributed by atoms with E-state index >= 15 is 0 Å². The van der Waals surface area contributed by atoms with Crippen molar-refractivity contribution < 1.29 is 9.84 Å². The van der Waals surface area contributed by atoms with Crippen LogP contribution >= 0.6 is 0 Å². The van der Waals surface area contributed by atoms with E-state index in [-0.39, 0.29) is 6.10 Å². The standard InChI is InChI=1S/C16H24N2O2/c1-13-3-2-4-14-5-6-18(16(13)14)12-15(19)11-17-7-9-20-10-8-17/h2-4,15,19H,5-12H2,1H3. The summed E-state index contributed by atoms with van der Waals surface area (Å²) in [5.74, 6) is 0. The van der Waals surface area contributed by atoms with Crippen LogP contribution in [0.1, 0.15) is 11.1 Å². The van der Waals surface area contributed by atoms with Crippen LogP contribution in [-0.4, -0.2) is 62.0 Å². The molecule has 110 valence electrons. The Morgan fingerprint density at radius 3 is 2.80 bits per heavy atom. The maximum absolute atomic E-state index is 10.4. The van der Waals surface area contributed by atoms with Gasteiger partial charge in [0.25, 0.3) is 0 Å².